The monoisotopic (exact) mass is 438 g/mol. The number of aromatic hydroxyl groups is 1. The molecule has 7 heteroatoms. The average Bonchev–Trinajstić information content (AvgIpc) is 2.77. The van der Waals surface area contributed by atoms with Crippen molar-refractivity contribution in [3.05, 3.63) is 39.2 Å². The molecular formula is C25H30N2O5. The molecular weight excluding hydrogens is 408 g/mol. The van der Waals surface area contributed by atoms with Crippen LogP contribution in [0, 0.1) is 25.7 Å². The van der Waals surface area contributed by atoms with Gasteiger partial charge in [-0.1, -0.05) is 0 Å². The van der Waals surface area contributed by atoms with Crippen LogP contribution in [-0.4, -0.2) is 52.4 Å². The van der Waals surface area contributed by atoms with E-state index in [0.29, 0.717) is 54.5 Å². The largest absolute Gasteiger partial charge is 0.508 e. The van der Waals surface area contributed by atoms with Gasteiger partial charge in [0.25, 0.3) is 0 Å². The molecule has 1 N–H and O–H groups in total. The number of nitrogens with zero attached hydrogens (tertiary/aromatic N) is 2. The van der Waals surface area contributed by atoms with Gasteiger partial charge in [0, 0.05) is 55.0 Å². The molecule has 0 aliphatic carbocycles. The predicted molar refractivity (Wildman–Crippen MR) is 119 cm³/mol. The van der Waals surface area contributed by atoms with Crippen LogP contribution in [0.1, 0.15) is 48.8 Å². The molecule has 5 rings (SSSR count). The van der Waals surface area contributed by atoms with Crippen molar-refractivity contribution in [3.8, 4) is 5.75 Å². The Morgan fingerprint density at radius 1 is 1.16 bits per heavy atom. The third-order valence-corrected chi connectivity index (χ3v) is 7.80. The van der Waals surface area contributed by atoms with Crippen LogP contribution in [0.4, 0.5) is 0 Å². The predicted octanol–water partition coefficient (Wildman–Crippen LogP) is 2.91. The zero-order valence-electron chi connectivity index (χ0n) is 18.7. The second-order valence-electron chi connectivity index (χ2n) is 9.75. The molecule has 1 aromatic carbocycles. The summed E-state index contributed by atoms with van der Waals surface area (Å²) in [4.78, 5) is 42.1. The lowest BCUT2D eigenvalue weighted by Gasteiger charge is -2.52. The number of hydrogen-bond donors (Lipinski definition) is 1. The first-order valence-electron chi connectivity index (χ1n) is 11.7. The van der Waals surface area contributed by atoms with Crippen molar-refractivity contribution in [2.45, 2.75) is 58.4 Å². The van der Waals surface area contributed by atoms with Gasteiger partial charge in [-0.15, -0.1) is 0 Å². The smallest absolute Gasteiger partial charge is 0.339 e. The molecule has 3 fully saturated rings. The van der Waals surface area contributed by atoms with Gasteiger partial charge >= 0.3 is 5.63 Å². The number of carbonyl (C=O) groups is 2. The fourth-order valence-corrected chi connectivity index (χ4v) is 6.07. The van der Waals surface area contributed by atoms with E-state index in [1.165, 1.54) is 0 Å². The van der Waals surface area contributed by atoms with E-state index in [0.717, 1.165) is 36.8 Å². The Bertz CT molecular complexity index is 1150. The van der Waals surface area contributed by atoms with E-state index in [2.05, 4.69) is 4.90 Å². The molecule has 4 heterocycles. The number of benzene rings is 1. The van der Waals surface area contributed by atoms with Crippen LogP contribution in [0.25, 0.3) is 11.0 Å². The summed E-state index contributed by atoms with van der Waals surface area (Å²) in [6.07, 6.45) is 4.34. The molecule has 32 heavy (non-hydrogen) atoms. The number of phenols is 1. The van der Waals surface area contributed by atoms with E-state index in [9.17, 15) is 19.5 Å². The summed E-state index contributed by atoms with van der Waals surface area (Å²) in [6, 6.07) is 3.63. The molecule has 3 aliphatic heterocycles. The van der Waals surface area contributed by atoms with Crippen molar-refractivity contribution in [3.63, 3.8) is 0 Å². The molecule has 2 amide bonds. The molecule has 0 unspecified atom stereocenters. The van der Waals surface area contributed by atoms with Gasteiger partial charge in [0.2, 0.25) is 11.8 Å². The average molecular weight is 439 g/mol. The van der Waals surface area contributed by atoms with Gasteiger partial charge in [-0.05, 0) is 69.1 Å². The van der Waals surface area contributed by atoms with Gasteiger partial charge in [-0.25, -0.2) is 4.79 Å². The summed E-state index contributed by atoms with van der Waals surface area (Å²) in [5.74, 6) is 1.14. The zero-order chi connectivity index (χ0) is 22.6. The molecule has 1 aromatic heterocycles. The summed E-state index contributed by atoms with van der Waals surface area (Å²) < 4.78 is 5.52. The number of amides is 2. The highest BCUT2D eigenvalue weighted by Gasteiger charge is 2.44. The second-order valence-corrected chi connectivity index (χ2v) is 9.75. The van der Waals surface area contributed by atoms with E-state index in [1.807, 2.05) is 11.8 Å². The Morgan fingerprint density at radius 2 is 1.97 bits per heavy atom. The van der Waals surface area contributed by atoms with Crippen molar-refractivity contribution >= 4 is 22.8 Å². The van der Waals surface area contributed by atoms with E-state index in [1.54, 1.807) is 19.1 Å². The normalized spacial score (nSPS) is 25.2. The molecule has 7 nitrogen and oxygen atoms in total. The molecule has 0 spiro atoms. The number of piperidine rings is 3. The molecule has 3 atom stereocenters. The maximum absolute atomic E-state index is 13.1. The standard InChI is InChI=1S/C25H30N2O5/c1-14-18-6-8-21(28)15(2)24(18)32-25(31)19(14)7-9-22(29)26-11-16-10-17(13-26)20-4-3-5-23(30)27(20)12-16/h6,8,16-17,20,28H,3-5,7,9-13H2,1-2H3/t16-,17+,20+/m1/s1. The van der Waals surface area contributed by atoms with E-state index in [-0.39, 0.29) is 30.0 Å². The first-order valence-corrected chi connectivity index (χ1v) is 11.7. The lowest BCUT2D eigenvalue weighted by molar-refractivity contribution is -0.148. The van der Waals surface area contributed by atoms with Crippen molar-refractivity contribution in [1.29, 1.82) is 0 Å². The van der Waals surface area contributed by atoms with E-state index < -0.39 is 5.63 Å². The van der Waals surface area contributed by atoms with Crippen LogP contribution in [0.2, 0.25) is 0 Å². The molecule has 3 aliphatic rings. The highest BCUT2D eigenvalue weighted by molar-refractivity contribution is 5.85. The second kappa shape index (κ2) is 7.94. The lowest BCUT2D eigenvalue weighted by Crippen LogP contribution is -2.61. The Labute approximate surface area is 187 Å². The number of rotatable bonds is 3. The molecule has 0 saturated carbocycles. The van der Waals surface area contributed by atoms with Gasteiger partial charge in [-0.2, -0.15) is 0 Å². The number of carbonyl (C=O) groups excluding carboxylic acids is 2. The summed E-state index contributed by atoms with van der Waals surface area (Å²) in [5, 5.41) is 10.7. The topological polar surface area (TPSA) is 91.1 Å². The summed E-state index contributed by atoms with van der Waals surface area (Å²) in [7, 11) is 0. The maximum Gasteiger partial charge on any atom is 0.339 e. The van der Waals surface area contributed by atoms with Crippen LogP contribution in [0.15, 0.2) is 21.3 Å². The van der Waals surface area contributed by atoms with Gasteiger partial charge < -0.3 is 19.3 Å². The number of likely N-dealkylation sites (tertiary alicyclic amines) is 1. The van der Waals surface area contributed by atoms with Gasteiger partial charge in [0.05, 0.1) is 0 Å². The molecule has 3 saturated heterocycles. The summed E-state index contributed by atoms with van der Waals surface area (Å²) in [6.45, 7) is 5.75. The Balaban J connectivity index is 1.30. The fourth-order valence-electron chi connectivity index (χ4n) is 6.07. The van der Waals surface area contributed by atoms with Crippen molar-refractivity contribution in [2.75, 3.05) is 19.6 Å². The first-order chi connectivity index (χ1) is 15.3. The van der Waals surface area contributed by atoms with Gasteiger partial charge in [-0.3, -0.25) is 9.59 Å². The number of hydrogen-bond acceptors (Lipinski definition) is 5. The van der Waals surface area contributed by atoms with Crippen LogP contribution in [0.5, 0.6) is 5.75 Å². The van der Waals surface area contributed by atoms with Crippen LogP contribution < -0.4 is 5.63 Å². The van der Waals surface area contributed by atoms with Gasteiger partial charge in [0.1, 0.15) is 11.3 Å². The van der Waals surface area contributed by atoms with Crippen LogP contribution >= 0.6 is 0 Å². The summed E-state index contributed by atoms with van der Waals surface area (Å²) in [5.41, 5.74) is 1.83. The van der Waals surface area contributed by atoms with Crippen LogP contribution in [0.3, 0.4) is 0 Å². The Hall–Kier alpha value is -2.83. The van der Waals surface area contributed by atoms with Crippen molar-refractivity contribution < 1.29 is 19.1 Å². The summed E-state index contributed by atoms with van der Waals surface area (Å²) >= 11 is 0. The fraction of sp³-hybridized carbons (Fsp3) is 0.560. The third-order valence-electron chi connectivity index (χ3n) is 7.80. The molecule has 2 bridgehead atoms. The number of phenolic OH excluding ortho intramolecular Hbond substituents is 1. The number of aryl methyl sites for hydroxylation is 2. The minimum Gasteiger partial charge on any atom is -0.508 e. The minimum atomic E-state index is -0.441. The lowest BCUT2D eigenvalue weighted by atomic mass is 9.76. The molecule has 0 radical (unpaired) electrons. The minimum absolute atomic E-state index is 0.0658. The van der Waals surface area contributed by atoms with E-state index >= 15 is 0 Å². The van der Waals surface area contributed by atoms with Crippen LogP contribution in [-0.2, 0) is 16.0 Å². The quantitative estimate of drug-likeness (QED) is 0.744. The Morgan fingerprint density at radius 3 is 2.78 bits per heavy atom. The third kappa shape index (κ3) is 3.48. The maximum atomic E-state index is 13.1. The SMILES string of the molecule is Cc1c(CCC(=O)N2C[C@H]3C[C@@H](C2)[C@@H]2CCCC(=O)N2C3)c(=O)oc2c(C)c(O)ccc12. The molecule has 170 valence electrons. The zero-order valence-corrected chi connectivity index (χ0v) is 18.7. The molecule has 2 aromatic rings. The van der Waals surface area contributed by atoms with Gasteiger partial charge in [0.15, 0.2) is 0 Å². The Kier molecular flexibility index (Phi) is 5.22. The highest BCUT2D eigenvalue weighted by Crippen LogP contribution is 2.38. The van der Waals surface area contributed by atoms with Crippen molar-refractivity contribution in [1.82, 2.24) is 9.80 Å². The van der Waals surface area contributed by atoms with E-state index in [4.69, 9.17) is 4.42 Å². The number of fused-ring (bicyclic) bond motifs is 5. The van der Waals surface area contributed by atoms with Crippen molar-refractivity contribution in [2.24, 2.45) is 11.8 Å². The highest BCUT2D eigenvalue weighted by atomic mass is 16.4. The first kappa shape index (κ1) is 21.0.